The molecule has 1 saturated heterocycles. The Bertz CT molecular complexity index is 1140. The van der Waals surface area contributed by atoms with Crippen LogP contribution in [0, 0.1) is 24.5 Å². The molecule has 184 valence electrons. The number of methoxy groups -OCH3 is 1. The summed E-state index contributed by atoms with van der Waals surface area (Å²) in [4.78, 5) is 28.4. The van der Waals surface area contributed by atoms with Gasteiger partial charge in [-0.1, -0.05) is 13.0 Å². The van der Waals surface area contributed by atoms with Crippen LogP contribution in [0.15, 0.2) is 24.4 Å². The minimum Gasteiger partial charge on any atom is -0.493 e. The number of halogens is 5. The fourth-order valence-corrected chi connectivity index (χ4v) is 4.04. The van der Waals surface area contributed by atoms with Gasteiger partial charge in [-0.15, -0.1) is 0 Å². The van der Waals surface area contributed by atoms with Gasteiger partial charge in [0.15, 0.2) is 17.2 Å². The van der Waals surface area contributed by atoms with Crippen LogP contribution in [0.2, 0.25) is 0 Å². The molecular weight excluding hydrogens is 465 g/mol. The number of hydrogen-bond donors (Lipinski definition) is 2. The van der Waals surface area contributed by atoms with Gasteiger partial charge in [0.2, 0.25) is 5.82 Å². The number of hydrogen-bond acceptors (Lipinski definition) is 5. The second-order valence-electron chi connectivity index (χ2n) is 8.18. The zero-order valence-corrected chi connectivity index (χ0v) is 18.6. The van der Waals surface area contributed by atoms with Crippen LogP contribution in [0.3, 0.4) is 0 Å². The van der Waals surface area contributed by atoms with E-state index in [2.05, 4.69) is 10.3 Å². The van der Waals surface area contributed by atoms with E-state index in [1.165, 1.54) is 19.2 Å². The summed E-state index contributed by atoms with van der Waals surface area (Å²) < 4.78 is 80.4. The van der Waals surface area contributed by atoms with Gasteiger partial charge in [0.1, 0.15) is 11.8 Å². The number of nitrogens with two attached hydrogens (primary N) is 1. The lowest BCUT2D eigenvalue weighted by Crippen LogP contribution is -2.47. The first-order chi connectivity index (χ1) is 15.7. The Balaban J connectivity index is 2.10. The van der Waals surface area contributed by atoms with Crippen LogP contribution >= 0.6 is 0 Å². The summed E-state index contributed by atoms with van der Waals surface area (Å²) in [6.45, 7) is 3.53. The van der Waals surface area contributed by atoms with E-state index >= 15 is 0 Å². The quantitative estimate of drug-likeness (QED) is 0.624. The van der Waals surface area contributed by atoms with Crippen molar-refractivity contribution in [3.63, 3.8) is 0 Å². The molecule has 2 heterocycles. The molecule has 0 unspecified atom stereocenters. The second kappa shape index (κ2) is 8.82. The van der Waals surface area contributed by atoms with Crippen molar-refractivity contribution in [2.75, 3.05) is 12.4 Å². The molecule has 0 radical (unpaired) electrons. The van der Waals surface area contributed by atoms with E-state index in [4.69, 9.17) is 15.2 Å². The van der Waals surface area contributed by atoms with Crippen LogP contribution in [0.4, 0.5) is 27.6 Å². The molecular formula is C22H22F5N3O4. The number of aromatic nitrogens is 1. The molecule has 2 aromatic rings. The normalized spacial score (nSPS) is 24.7. The SMILES string of the molecule is COc1c([C@@H]2[C@@H](C(=O)Nc3cc(C(N)=O)ncc3C)O[C@@](C)(C(F)(F)F)[C@@H]2C)ccc(F)c1F. The number of pyridine rings is 1. The molecule has 2 amide bonds. The van der Waals surface area contributed by atoms with Gasteiger partial charge in [0.25, 0.3) is 11.8 Å². The Morgan fingerprint density at radius 1 is 1.26 bits per heavy atom. The molecule has 0 saturated carbocycles. The third-order valence-electron chi connectivity index (χ3n) is 6.18. The maximum Gasteiger partial charge on any atom is 0.417 e. The highest BCUT2D eigenvalue weighted by atomic mass is 19.4. The number of nitrogens with one attached hydrogen (secondary N) is 1. The highest BCUT2D eigenvalue weighted by molar-refractivity contribution is 5.98. The summed E-state index contributed by atoms with van der Waals surface area (Å²) in [5, 5.41) is 2.43. The molecule has 4 atom stereocenters. The maximum atomic E-state index is 14.4. The standard InChI is InChI=1S/C22H22F5N3O4/c1-9-8-29-14(19(28)31)7-13(9)30-20(32)18-15(10(2)21(3,34-18)22(25,26)27)11-5-6-12(23)16(24)17(11)33-4/h5-8,10,15,18H,1-4H3,(H2,28,31)(H,29,30,32)/t10-,15-,18+,21-/m1/s1. The van der Waals surface area contributed by atoms with E-state index in [0.29, 0.717) is 5.56 Å². The highest BCUT2D eigenvalue weighted by Crippen LogP contribution is 2.55. The number of anilines is 1. The van der Waals surface area contributed by atoms with Gasteiger partial charge < -0.3 is 20.5 Å². The molecule has 0 spiro atoms. The summed E-state index contributed by atoms with van der Waals surface area (Å²) in [6, 6.07) is 2.97. The average Bonchev–Trinajstić information content (AvgIpc) is 3.03. The number of carbonyl (C=O) groups is 2. The van der Waals surface area contributed by atoms with Gasteiger partial charge in [-0.25, -0.2) is 4.39 Å². The third kappa shape index (κ3) is 4.17. The number of alkyl halides is 3. The van der Waals surface area contributed by atoms with Gasteiger partial charge in [-0.05, 0) is 31.5 Å². The van der Waals surface area contributed by atoms with E-state index in [9.17, 15) is 31.5 Å². The van der Waals surface area contributed by atoms with Crippen LogP contribution in [0.5, 0.6) is 5.75 Å². The Kier molecular flexibility index (Phi) is 6.57. The summed E-state index contributed by atoms with van der Waals surface area (Å²) in [5.74, 6) is -7.94. The lowest BCUT2D eigenvalue weighted by atomic mass is 9.77. The Labute approximate surface area is 191 Å². The van der Waals surface area contributed by atoms with E-state index < -0.39 is 58.9 Å². The summed E-state index contributed by atoms with van der Waals surface area (Å²) in [5.41, 5.74) is 2.53. The van der Waals surface area contributed by atoms with Crippen LogP contribution < -0.4 is 15.8 Å². The average molecular weight is 487 g/mol. The van der Waals surface area contributed by atoms with Crippen molar-refractivity contribution in [1.29, 1.82) is 0 Å². The van der Waals surface area contributed by atoms with Crippen molar-refractivity contribution in [2.45, 2.75) is 44.6 Å². The van der Waals surface area contributed by atoms with E-state index in [-0.39, 0.29) is 16.9 Å². The van der Waals surface area contributed by atoms with Gasteiger partial charge in [0, 0.05) is 29.3 Å². The molecule has 7 nitrogen and oxygen atoms in total. The molecule has 1 aromatic heterocycles. The number of nitrogens with zero attached hydrogens (tertiary/aromatic N) is 1. The van der Waals surface area contributed by atoms with Crippen LogP contribution in [0.1, 0.15) is 41.4 Å². The van der Waals surface area contributed by atoms with Crippen molar-refractivity contribution < 1.29 is 41.0 Å². The lowest BCUT2D eigenvalue weighted by Gasteiger charge is -2.32. The number of aryl methyl sites for hydroxylation is 1. The highest BCUT2D eigenvalue weighted by Gasteiger charge is 2.65. The van der Waals surface area contributed by atoms with Crippen LogP contribution in [0.25, 0.3) is 0 Å². The third-order valence-corrected chi connectivity index (χ3v) is 6.18. The van der Waals surface area contributed by atoms with E-state index in [1.54, 1.807) is 6.92 Å². The van der Waals surface area contributed by atoms with E-state index in [1.807, 2.05) is 0 Å². The predicted octanol–water partition coefficient (Wildman–Crippen LogP) is 3.85. The van der Waals surface area contributed by atoms with Gasteiger partial charge in [0.05, 0.1) is 7.11 Å². The summed E-state index contributed by atoms with van der Waals surface area (Å²) in [6.07, 6.45) is -5.41. The van der Waals surface area contributed by atoms with Crippen LogP contribution in [-0.2, 0) is 9.53 Å². The number of primary amides is 1. The van der Waals surface area contributed by atoms with Gasteiger partial charge >= 0.3 is 6.18 Å². The Morgan fingerprint density at radius 2 is 1.91 bits per heavy atom. The number of benzene rings is 1. The van der Waals surface area contributed by atoms with Crippen molar-refractivity contribution in [3.05, 3.63) is 52.9 Å². The fraction of sp³-hybridized carbons (Fsp3) is 0.409. The van der Waals surface area contributed by atoms with Gasteiger partial charge in [-0.3, -0.25) is 14.6 Å². The van der Waals surface area contributed by atoms with Crippen molar-refractivity contribution in [3.8, 4) is 5.75 Å². The largest absolute Gasteiger partial charge is 0.493 e. The molecule has 1 fully saturated rings. The molecule has 1 aliphatic rings. The first-order valence-corrected chi connectivity index (χ1v) is 10.1. The monoisotopic (exact) mass is 487 g/mol. The molecule has 1 aliphatic heterocycles. The van der Waals surface area contributed by atoms with Crippen molar-refractivity contribution >= 4 is 17.5 Å². The first-order valence-electron chi connectivity index (χ1n) is 10.1. The number of carbonyl (C=O) groups excluding carboxylic acids is 2. The Morgan fingerprint density at radius 3 is 2.47 bits per heavy atom. The fourth-order valence-electron chi connectivity index (χ4n) is 4.04. The molecule has 3 rings (SSSR count). The maximum absolute atomic E-state index is 14.4. The Hall–Kier alpha value is -3.28. The minimum absolute atomic E-state index is 0.0710. The van der Waals surface area contributed by atoms with Crippen molar-refractivity contribution in [2.24, 2.45) is 11.7 Å². The van der Waals surface area contributed by atoms with E-state index in [0.717, 1.165) is 26.2 Å². The molecule has 0 bridgehead atoms. The molecule has 1 aromatic carbocycles. The number of ether oxygens (including phenoxy) is 2. The summed E-state index contributed by atoms with van der Waals surface area (Å²) >= 11 is 0. The zero-order chi connectivity index (χ0) is 25.6. The smallest absolute Gasteiger partial charge is 0.417 e. The molecule has 34 heavy (non-hydrogen) atoms. The second-order valence-corrected chi connectivity index (χ2v) is 8.18. The van der Waals surface area contributed by atoms with Gasteiger partial charge in [-0.2, -0.15) is 17.6 Å². The van der Waals surface area contributed by atoms with Crippen LogP contribution in [-0.4, -0.2) is 41.8 Å². The zero-order valence-electron chi connectivity index (χ0n) is 18.6. The molecule has 12 heteroatoms. The minimum atomic E-state index is -4.89. The predicted molar refractivity (Wildman–Crippen MR) is 110 cm³/mol. The molecule has 3 N–H and O–H groups in total. The molecule has 0 aliphatic carbocycles. The summed E-state index contributed by atoms with van der Waals surface area (Å²) in [7, 11) is 1.03. The number of rotatable bonds is 5. The topological polar surface area (TPSA) is 104 Å². The first kappa shape index (κ1) is 25.3. The van der Waals surface area contributed by atoms with Crippen molar-refractivity contribution in [1.82, 2.24) is 4.98 Å². The lowest BCUT2D eigenvalue weighted by molar-refractivity contribution is -0.272. The number of amides is 2.